The molecule has 0 bridgehead atoms. The third-order valence-corrected chi connectivity index (χ3v) is 4.24. The van der Waals surface area contributed by atoms with E-state index in [4.69, 9.17) is 4.74 Å². The molecule has 2 aliphatic heterocycles. The molecule has 2 aliphatic rings. The van der Waals surface area contributed by atoms with Crippen molar-refractivity contribution in [2.24, 2.45) is 0 Å². The maximum Gasteiger partial charge on any atom is 0.321 e. The first-order chi connectivity index (χ1) is 11.7. The van der Waals surface area contributed by atoms with Gasteiger partial charge in [0, 0.05) is 24.3 Å². The molecular weight excluding hydrogens is 306 g/mol. The van der Waals surface area contributed by atoms with Crippen LogP contribution in [0.15, 0.2) is 48.5 Å². The second-order valence-electron chi connectivity index (χ2n) is 5.71. The lowest BCUT2D eigenvalue weighted by atomic mass is 10.1. The van der Waals surface area contributed by atoms with Crippen LogP contribution >= 0.6 is 0 Å². The van der Waals surface area contributed by atoms with Gasteiger partial charge in [0.2, 0.25) is 0 Å². The number of nitrogens with one attached hydrogen (secondary N) is 1. The molecule has 0 radical (unpaired) electrons. The van der Waals surface area contributed by atoms with E-state index in [9.17, 15) is 9.59 Å². The van der Waals surface area contributed by atoms with Gasteiger partial charge in [0.15, 0.2) is 0 Å². The van der Waals surface area contributed by atoms with Crippen LogP contribution in [0.5, 0.6) is 5.75 Å². The minimum Gasteiger partial charge on any atom is -0.490 e. The van der Waals surface area contributed by atoms with Crippen molar-refractivity contribution in [2.45, 2.75) is 0 Å². The number of carbonyl (C=O) groups excluding carboxylic acids is 2. The molecule has 4 rings (SSSR count). The van der Waals surface area contributed by atoms with Crippen LogP contribution in [0.4, 0.5) is 16.2 Å². The summed E-state index contributed by atoms with van der Waals surface area (Å²) in [5.41, 5.74) is 2.07. The number of hydrogen-bond donors (Lipinski definition) is 1. The number of nitrogens with zero attached hydrogens (tertiary/aromatic N) is 2. The number of carbonyl (C=O) groups is 2. The average Bonchev–Trinajstić information content (AvgIpc) is 3.07. The molecule has 0 aromatic heterocycles. The molecule has 6 nitrogen and oxygen atoms in total. The molecule has 0 spiro atoms. The number of amides is 3. The lowest BCUT2D eigenvalue weighted by Crippen LogP contribution is -2.38. The predicted molar refractivity (Wildman–Crippen MR) is 90.8 cm³/mol. The average molecular weight is 323 g/mol. The first-order valence-electron chi connectivity index (χ1n) is 7.93. The number of ether oxygens (including phenoxy) is 1. The topological polar surface area (TPSA) is 61.9 Å². The van der Waals surface area contributed by atoms with Gasteiger partial charge in [-0.25, -0.2) is 4.79 Å². The van der Waals surface area contributed by atoms with Gasteiger partial charge in [0.1, 0.15) is 12.4 Å². The Morgan fingerprint density at radius 3 is 2.79 bits per heavy atom. The SMILES string of the molecule is O=C1NCCN1c1cccc(C(=O)N2CCOc3ccccc32)c1. The van der Waals surface area contributed by atoms with Crippen LogP contribution in [0, 0.1) is 0 Å². The molecular formula is C18H17N3O3. The molecule has 0 aliphatic carbocycles. The number of anilines is 2. The van der Waals surface area contributed by atoms with E-state index in [1.54, 1.807) is 28.0 Å². The molecule has 2 aromatic carbocycles. The molecule has 2 heterocycles. The second-order valence-corrected chi connectivity index (χ2v) is 5.71. The first kappa shape index (κ1) is 14.6. The molecule has 6 heteroatoms. The van der Waals surface area contributed by atoms with Crippen molar-refractivity contribution in [2.75, 3.05) is 36.0 Å². The van der Waals surface area contributed by atoms with Crippen molar-refractivity contribution >= 4 is 23.3 Å². The van der Waals surface area contributed by atoms with Crippen LogP contribution in [0.1, 0.15) is 10.4 Å². The molecule has 1 N–H and O–H groups in total. The van der Waals surface area contributed by atoms with Crippen LogP contribution in [0.2, 0.25) is 0 Å². The van der Waals surface area contributed by atoms with E-state index in [1.807, 2.05) is 30.3 Å². The Kier molecular flexibility index (Phi) is 3.57. The molecule has 0 unspecified atom stereocenters. The highest BCUT2D eigenvalue weighted by molar-refractivity contribution is 6.08. The summed E-state index contributed by atoms with van der Waals surface area (Å²) in [5.74, 6) is 0.624. The smallest absolute Gasteiger partial charge is 0.321 e. The Labute approximate surface area is 139 Å². The van der Waals surface area contributed by atoms with Crippen molar-refractivity contribution in [1.82, 2.24) is 5.32 Å². The molecule has 3 amide bonds. The fourth-order valence-corrected chi connectivity index (χ4v) is 3.06. The number of rotatable bonds is 2. The van der Waals surface area contributed by atoms with Gasteiger partial charge in [-0.1, -0.05) is 18.2 Å². The zero-order chi connectivity index (χ0) is 16.5. The van der Waals surface area contributed by atoms with Gasteiger partial charge < -0.3 is 15.0 Å². The zero-order valence-corrected chi connectivity index (χ0v) is 13.1. The Balaban J connectivity index is 1.65. The van der Waals surface area contributed by atoms with Crippen LogP contribution in [-0.2, 0) is 0 Å². The van der Waals surface area contributed by atoms with Crippen LogP contribution < -0.4 is 19.9 Å². The summed E-state index contributed by atoms with van der Waals surface area (Å²) in [6.45, 7) is 2.20. The van der Waals surface area contributed by atoms with E-state index in [-0.39, 0.29) is 11.9 Å². The third-order valence-electron chi connectivity index (χ3n) is 4.24. The van der Waals surface area contributed by atoms with Crippen molar-refractivity contribution in [1.29, 1.82) is 0 Å². The van der Waals surface area contributed by atoms with Crippen molar-refractivity contribution in [3.05, 3.63) is 54.1 Å². The summed E-state index contributed by atoms with van der Waals surface area (Å²) in [6.07, 6.45) is 0. The van der Waals surface area contributed by atoms with Crippen LogP contribution in [0.25, 0.3) is 0 Å². The number of urea groups is 1. The van der Waals surface area contributed by atoms with Crippen LogP contribution in [0.3, 0.4) is 0 Å². The summed E-state index contributed by atoms with van der Waals surface area (Å²) in [7, 11) is 0. The molecule has 1 fully saturated rings. The maximum absolute atomic E-state index is 13.0. The van der Waals surface area contributed by atoms with E-state index in [1.165, 1.54) is 0 Å². The normalized spacial score (nSPS) is 16.4. The summed E-state index contributed by atoms with van der Waals surface area (Å²) in [5, 5.41) is 2.77. The Morgan fingerprint density at radius 1 is 1.08 bits per heavy atom. The lowest BCUT2D eigenvalue weighted by molar-refractivity contribution is 0.0976. The Bertz CT molecular complexity index is 806. The number of benzene rings is 2. The fourth-order valence-electron chi connectivity index (χ4n) is 3.06. The van der Waals surface area contributed by atoms with E-state index >= 15 is 0 Å². The summed E-state index contributed by atoms with van der Waals surface area (Å²) >= 11 is 0. The lowest BCUT2D eigenvalue weighted by Gasteiger charge is -2.29. The monoisotopic (exact) mass is 323 g/mol. The van der Waals surface area contributed by atoms with Crippen molar-refractivity contribution in [3.63, 3.8) is 0 Å². The standard InChI is InChI=1S/C18H17N3O3/c22-17(21-10-11-24-16-7-2-1-6-15(16)21)13-4-3-5-14(12-13)20-9-8-19-18(20)23/h1-7,12H,8-11H2,(H,19,23). The van der Waals surface area contributed by atoms with Crippen molar-refractivity contribution < 1.29 is 14.3 Å². The Morgan fingerprint density at radius 2 is 1.96 bits per heavy atom. The highest BCUT2D eigenvalue weighted by Crippen LogP contribution is 2.32. The fraction of sp³-hybridized carbons (Fsp3) is 0.222. The van der Waals surface area contributed by atoms with Gasteiger partial charge in [-0.3, -0.25) is 9.69 Å². The predicted octanol–water partition coefficient (Wildman–Crippen LogP) is 2.26. The van der Waals surface area contributed by atoms with Gasteiger partial charge in [0.05, 0.1) is 12.2 Å². The van der Waals surface area contributed by atoms with Crippen molar-refractivity contribution in [3.8, 4) is 5.75 Å². The molecule has 0 atom stereocenters. The van der Waals surface area contributed by atoms with E-state index in [0.717, 1.165) is 11.4 Å². The summed E-state index contributed by atoms with van der Waals surface area (Å²) in [4.78, 5) is 28.2. The highest BCUT2D eigenvalue weighted by Gasteiger charge is 2.26. The largest absolute Gasteiger partial charge is 0.490 e. The van der Waals surface area contributed by atoms with Gasteiger partial charge in [-0.2, -0.15) is 0 Å². The number of hydrogen-bond acceptors (Lipinski definition) is 3. The molecule has 24 heavy (non-hydrogen) atoms. The highest BCUT2D eigenvalue weighted by atomic mass is 16.5. The zero-order valence-electron chi connectivity index (χ0n) is 13.1. The van der Waals surface area contributed by atoms with E-state index in [2.05, 4.69) is 5.32 Å². The third kappa shape index (κ3) is 2.46. The second kappa shape index (κ2) is 5.88. The quantitative estimate of drug-likeness (QED) is 0.922. The van der Waals surface area contributed by atoms with Gasteiger partial charge in [-0.15, -0.1) is 0 Å². The molecule has 2 aromatic rings. The minimum atomic E-state index is -0.128. The van der Waals surface area contributed by atoms with Gasteiger partial charge >= 0.3 is 6.03 Å². The van der Waals surface area contributed by atoms with E-state index < -0.39 is 0 Å². The van der Waals surface area contributed by atoms with E-state index in [0.29, 0.717) is 37.6 Å². The first-order valence-corrected chi connectivity index (χ1v) is 7.93. The molecule has 0 saturated carbocycles. The van der Waals surface area contributed by atoms with Gasteiger partial charge in [-0.05, 0) is 30.3 Å². The van der Waals surface area contributed by atoms with Gasteiger partial charge in [0.25, 0.3) is 5.91 Å². The molecule has 122 valence electrons. The number of fused-ring (bicyclic) bond motifs is 1. The summed E-state index contributed by atoms with van der Waals surface area (Å²) < 4.78 is 5.60. The maximum atomic E-state index is 13.0. The summed E-state index contributed by atoms with van der Waals surface area (Å²) in [6, 6.07) is 14.6. The van der Waals surface area contributed by atoms with Crippen LogP contribution in [-0.4, -0.2) is 38.2 Å². The number of para-hydroxylation sites is 2. The Hall–Kier alpha value is -3.02. The molecule has 1 saturated heterocycles. The minimum absolute atomic E-state index is 0.0906.